The van der Waals surface area contributed by atoms with Gasteiger partial charge < -0.3 is 32.1 Å². The maximum Gasteiger partial charge on any atom is 0.116 e. The number of carbonyl (C=O) groups excluding carboxylic acids is 2. The molecule has 0 aliphatic heterocycles. The smallest absolute Gasteiger partial charge is 0.116 e. The van der Waals surface area contributed by atoms with Gasteiger partial charge in [-0.05, 0) is 158 Å². The summed E-state index contributed by atoms with van der Waals surface area (Å²) in [6, 6.07) is 37.1. The van der Waals surface area contributed by atoms with Crippen LogP contribution >= 0.6 is 31.9 Å². The van der Waals surface area contributed by atoms with Crippen LogP contribution in [0.1, 0.15) is 91.4 Å². The molecule has 368 valence electrons. The highest BCUT2D eigenvalue weighted by molar-refractivity contribution is 9.10. The summed E-state index contributed by atoms with van der Waals surface area (Å²) in [5.74, 6) is -2.80. The zero-order chi connectivity index (χ0) is 48.8. The molecule has 6 aromatic carbocycles. The summed E-state index contributed by atoms with van der Waals surface area (Å²) in [5, 5.41) is 40.3. The van der Waals surface area contributed by atoms with Crippen molar-refractivity contribution >= 4 is 65.9 Å². The highest BCUT2D eigenvalue weighted by Crippen LogP contribution is 2.36. The van der Waals surface area contributed by atoms with Crippen molar-refractivity contribution in [1.82, 2.24) is 52.1 Å². The van der Waals surface area contributed by atoms with Gasteiger partial charge in [0.2, 0.25) is 0 Å². The molecule has 0 spiro atoms. The van der Waals surface area contributed by atoms with Crippen LogP contribution in [0.4, 0.5) is 0 Å². The van der Waals surface area contributed by atoms with Crippen LogP contribution in [0.5, 0.6) is 0 Å². The molecule has 70 heavy (non-hydrogen) atoms. The first-order valence-electron chi connectivity index (χ1n) is 22.5. The number of fused-ring (bicyclic) bond motifs is 2. The summed E-state index contributed by atoms with van der Waals surface area (Å²) in [7, 11) is 7.90. The van der Waals surface area contributed by atoms with Crippen LogP contribution in [0.15, 0.2) is 118 Å². The van der Waals surface area contributed by atoms with E-state index < -0.39 is 11.9 Å². The maximum absolute atomic E-state index is 11.7. The third-order valence-corrected chi connectivity index (χ3v) is 13.9. The molecule has 2 heterocycles. The molecule has 0 saturated heterocycles. The molecule has 2 atom stereocenters. The minimum Gasteiger partial charge on any atom is -0.550 e. The fourth-order valence-electron chi connectivity index (χ4n) is 9.05. The average molecular weight is 1080 g/mol. The maximum atomic E-state index is 11.7. The van der Waals surface area contributed by atoms with Crippen molar-refractivity contribution in [1.29, 1.82) is 0 Å². The summed E-state index contributed by atoms with van der Waals surface area (Å²) >= 11 is 6.97. The molecule has 0 saturated carbocycles. The predicted molar refractivity (Wildman–Crippen MR) is 282 cm³/mol. The van der Waals surface area contributed by atoms with Crippen molar-refractivity contribution in [2.75, 3.05) is 14.1 Å². The molecule has 0 aliphatic rings. The summed E-state index contributed by atoms with van der Waals surface area (Å²) in [6.07, 6.45) is -0.187. The van der Waals surface area contributed by atoms with E-state index in [4.69, 9.17) is 0 Å². The highest BCUT2D eigenvalue weighted by atomic mass is 79.9. The lowest BCUT2D eigenvalue weighted by molar-refractivity contribution is -0.307. The second-order valence-electron chi connectivity index (χ2n) is 17.9. The number of carbonyl (C=O) groups is 2. The Bertz CT molecular complexity index is 2870. The Hall–Kier alpha value is -6.14. The fraction of sp³-hybridized carbons (Fsp3) is 0.296. The van der Waals surface area contributed by atoms with Crippen molar-refractivity contribution in [3.63, 3.8) is 0 Å². The lowest BCUT2D eigenvalue weighted by Gasteiger charge is -2.24. The first-order chi connectivity index (χ1) is 32.4. The van der Waals surface area contributed by atoms with E-state index in [1.807, 2.05) is 64.3 Å². The number of aryl methyl sites for hydroxylation is 6. The number of hydrogen-bond acceptors (Lipinski definition) is 10. The van der Waals surface area contributed by atoms with Gasteiger partial charge in [0.1, 0.15) is 11.0 Å². The van der Waals surface area contributed by atoms with Crippen LogP contribution in [0.25, 0.3) is 22.1 Å². The van der Waals surface area contributed by atoms with E-state index in [1.165, 1.54) is 33.4 Å². The molecule has 0 aliphatic carbocycles. The highest BCUT2D eigenvalue weighted by Gasteiger charge is 2.23. The Morgan fingerprint density at radius 3 is 1.24 bits per heavy atom. The van der Waals surface area contributed by atoms with E-state index in [0.717, 1.165) is 90.6 Å². The molecule has 0 bridgehead atoms. The molecular weight excluding hydrogens is 1010 g/mol. The van der Waals surface area contributed by atoms with Crippen molar-refractivity contribution in [3.8, 4) is 0 Å². The summed E-state index contributed by atoms with van der Waals surface area (Å²) in [4.78, 5) is 28.0. The van der Waals surface area contributed by atoms with E-state index in [2.05, 4.69) is 163 Å². The number of aromatic nitrogens is 6. The number of quaternary nitrogens is 2. The first kappa shape index (κ1) is 54.8. The van der Waals surface area contributed by atoms with Crippen LogP contribution in [0.2, 0.25) is 0 Å². The molecule has 2 aromatic heterocycles. The molecule has 8 N–H and O–H groups in total. The van der Waals surface area contributed by atoms with Crippen LogP contribution in [0.3, 0.4) is 0 Å². The predicted octanol–water partition coefficient (Wildman–Crippen LogP) is 9.26. The minimum absolute atomic E-state index is 0. The van der Waals surface area contributed by atoms with Gasteiger partial charge in [-0.2, -0.15) is 0 Å². The van der Waals surface area contributed by atoms with Gasteiger partial charge in [0.15, 0.2) is 0 Å². The van der Waals surface area contributed by atoms with Crippen LogP contribution < -0.4 is 22.5 Å². The first-order valence-corrected chi connectivity index (χ1v) is 24.1. The van der Waals surface area contributed by atoms with E-state index in [-0.39, 0.29) is 37.0 Å². The van der Waals surface area contributed by atoms with Gasteiger partial charge in [-0.25, -0.2) is 9.36 Å². The summed E-state index contributed by atoms with van der Waals surface area (Å²) in [6.45, 7) is 11.3. The van der Waals surface area contributed by atoms with Gasteiger partial charge >= 0.3 is 0 Å². The minimum atomic E-state index is -1.07. The molecule has 16 heteroatoms. The molecular formula is C54H64Br2N10O4. The zero-order valence-corrected chi connectivity index (χ0v) is 44.9. The van der Waals surface area contributed by atoms with Gasteiger partial charge in [0.05, 0.1) is 11.0 Å². The largest absolute Gasteiger partial charge is 0.550 e. The fourth-order valence-corrected chi connectivity index (χ4v) is 9.58. The molecule has 8 rings (SSSR count). The number of carboxylic acids is 2. The van der Waals surface area contributed by atoms with Crippen molar-refractivity contribution in [3.05, 3.63) is 185 Å². The molecule has 2 unspecified atom stereocenters. The second-order valence-corrected chi connectivity index (χ2v) is 19.8. The quantitative estimate of drug-likeness (QED) is 0.0933. The van der Waals surface area contributed by atoms with E-state index in [0.29, 0.717) is 0 Å². The van der Waals surface area contributed by atoms with Gasteiger partial charge in [-0.3, -0.25) is 9.80 Å². The van der Waals surface area contributed by atoms with Gasteiger partial charge in [0, 0.05) is 73.0 Å². The summed E-state index contributed by atoms with van der Waals surface area (Å²) in [5.41, 5.74) is 16.3. The van der Waals surface area contributed by atoms with E-state index >= 15 is 0 Å². The number of carboxylic acid groups (broad SMARTS) is 2. The number of rotatable bonds is 16. The zero-order valence-electron chi connectivity index (χ0n) is 41.8. The topological polar surface area (TPSA) is 221 Å². The SMILES string of the molecule is Cc1ccc(C(CC(=O)[O-])c2ccc3c(nnn3C)c2C)cc1CN(C)Cc1ccc(Br)cc1.Cc1ccc(C(CC(=O)[O-])c2ccc3c(nnn3C)c2C)cc1CN(C)Cc1ccc(Br)cc1.[NH4+].[NH4+]. The Balaban J connectivity index is 0.000000254. The number of nitrogens with zero attached hydrogens (tertiary/aromatic N) is 8. The molecule has 0 radical (unpaired) electrons. The molecule has 14 nitrogen and oxygen atoms in total. The van der Waals surface area contributed by atoms with Crippen LogP contribution in [-0.2, 0) is 49.9 Å². The van der Waals surface area contributed by atoms with Crippen molar-refractivity contribution in [2.24, 2.45) is 14.1 Å². The van der Waals surface area contributed by atoms with Gasteiger partial charge in [-0.1, -0.05) is 115 Å². The molecule has 0 fully saturated rings. The lowest BCUT2D eigenvalue weighted by Crippen LogP contribution is -2.25. The van der Waals surface area contributed by atoms with Gasteiger partial charge in [-0.15, -0.1) is 10.2 Å². The Kier molecular flexibility index (Phi) is 18.9. The molecule has 0 amide bonds. The number of aliphatic carboxylic acids is 2. The Labute approximate surface area is 427 Å². The van der Waals surface area contributed by atoms with Crippen LogP contribution in [-0.4, -0.2) is 65.8 Å². The third-order valence-electron chi connectivity index (χ3n) is 12.8. The lowest BCUT2D eigenvalue weighted by atomic mass is 9.84. The number of benzene rings is 6. The third kappa shape index (κ3) is 13.2. The molecule has 8 aromatic rings. The Morgan fingerprint density at radius 1 is 0.543 bits per heavy atom. The second kappa shape index (κ2) is 24.1. The number of hydrogen-bond donors (Lipinski definition) is 2. The average Bonchev–Trinajstić information content (AvgIpc) is 3.88. The van der Waals surface area contributed by atoms with Crippen molar-refractivity contribution < 1.29 is 19.8 Å². The van der Waals surface area contributed by atoms with Gasteiger partial charge in [0.25, 0.3) is 0 Å². The number of halogens is 2. The normalized spacial score (nSPS) is 12.1. The monoisotopic (exact) mass is 1070 g/mol. The van der Waals surface area contributed by atoms with Crippen LogP contribution in [0, 0.1) is 27.7 Å². The van der Waals surface area contributed by atoms with E-state index in [1.54, 1.807) is 9.36 Å². The van der Waals surface area contributed by atoms with E-state index in [9.17, 15) is 19.8 Å². The standard InChI is InChI=1S/2C27H29BrN4O2.2H3N/c2*1-17-5-8-20(13-21(17)16-31(3)15-19-6-9-22(28)10-7-19)24(14-26(33)34)23-11-12-25-27(18(23)2)29-30-32(25)4;;/h2*5-13,24H,14-16H2,1-4H3,(H,33,34);2*1H3. The van der Waals surface area contributed by atoms with Crippen molar-refractivity contribution in [2.45, 2.75) is 78.6 Å². The Morgan fingerprint density at radius 2 is 0.900 bits per heavy atom. The summed E-state index contributed by atoms with van der Waals surface area (Å²) < 4.78 is 5.59.